The maximum atomic E-state index is 13.1. The summed E-state index contributed by atoms with van der Waals surface area (Å²) >= 11 is 0. The third kappa shape index (κ3) is 3.36. The number of anilines is 1. The SMILES string of the molecule is CCOCCOc1cc(F)c(N)cc1F. The van der Waals surface area contributed by atoms with Crippen LogP contribution in [0, 0.1) is 11.6 Å². The van der Waals surface area contributed by atoms with E-state index in [1.807, 2.05) is 6.92 Å². The van der Waals surface area contributed by atoms with E-state index in [4.69, 9.17) is 15.2 Å². The Morgan fingerprint density at radius 1 is 1.20 bits per heavy atom. The Labute approximate surface area is 86.8 Å². The van der Waals surface area contributed by atoms with Crippen molar-refractivity contribution in [1.82, 2.24) is 0 Å². The summed E-state index contributed by atoms with van der Waals surface area (Å²) in [6.07, 6.45) is 0. The van der Waals surface area contributed by atoms with Gasteiger partial charge in [0.15, 0.2) is 11.6 Å². The topological polar surface area (TPSA) is 44.5 Å². The van der Waals surface area contributed by atoms with Crippen molar-refractivity contribution in [3.05, 3.63) is 23.8 Å². The molecule has 0 atom stereocenters. The molecule has 1 rings (SSSR count). The maximum absolute atomic E-state index is 13.1. The Kier molecular flexibility index (Phi) is 4.30. The molecule has 0 aliphatic rings. The van der Waals surface area contributed by atoms with Crippen LogP contribution in [0.4, 0.5) is 14.5 Å². The molecule has 0 aliphatic carbocycles. The maximum Gasteiger partial charge on any atom is 0.167 e. The van der Waals surface area contributed by atoms with E-state index in [1.165, 1.54) is 0 Å². The summed E-state index contributed by atoms with van der Waals surface area (Å²) < 4.78 is 36.0. The number of nitrogen functional groups attached to an aromatic ring is 1. The molecule has 0 heterocycles. The number of halogens is 2. The monoisotopic (exact) mass is 217 g/mol. The average molecular weight is 217 g/mol. The van der Waals surface area contributed by atoms with Crippen molar-refractivity contribution in [3.63, 3.8) is 0 Å². The second kappa shape index (κ2) is 5.50. The van der Waals surface area contributed by atoms with Crippen LogP contribution in [0.15, 0.2) is 12.1 Å². The predicted molar refractivity (Wildman–Crippen MR) is 52.8 cm³/mol. The Morgan fingerprint density at radius 3 is 2.60 bits per heavy atom. The van der Waals surface area contributed by atoms with Gasteiger partial charge in [-0.05, 0) is 6.92 Å². The Balaban J connectivity index is 2.57. The first-order chi connectivity index (χ1) is 7.15. The highest BCUT2D eigenvalue weighted by Crippen LogP contribution is 2.22. The Morgan fingerprint density at radius 2 is 1.93 bits per heavy atom. The lowest BCUT2D eigenvalue weighted by atomic mass is 10.3. The van der Waals surface area contributed by atoms with Crippen molar-refractivity contribution in [2.75, 3.05) is 25.6 Å². The zero-order valence-corrected chi connectivity index (χ0v) is 8.43. The zero-order chi connectivity index (χ0) is 11.3. The lowest BCUT2D eigenvalue weighted by Crippen LogP contribution is -2.08. The molecule has 1 aromatic carbocycles. The van der Waals surface area contributed by atoms with Gasteiger partial charge in [-0.2, -0.15) is 0 Å². The third-order valence-corrected chi connectivity index (χ3v) is 1.74. The lowest BCUT2D eigenvalue weighted by molar-refractivity contribution is 0.108. The highest BCUT2D eigenvalue weighted by Gasteiger charge is 2.08. The standard InChI is InChI=1S/C10H13F2NO2/c1-2-14-3-4-15-10-6-7(11)9(13)5-8(10)12/h5-6H,2-4,13H2,1H3. The minimum absolute atomic E-state index is 0.151. The first-order valence-electron chi connectivity index (χ1n) is 4.60. The molecule has 5 heteroatoms. The minimum atomic E-state index is -0.692. The third-order valence-electron chi connectivity index (χ3n) is 1.74. The van der Waals surface area contributed by atoms with Gasteiger partial charge >= 0.3 is 0 Å². The van der Waals surface area contributed by atoms with Crippen LogP contribution in [0.2, 0.25) is 0 Å². The summed E-state index contributed by atoms with van der Waals surface area (Å²) in [4.78, 5) is 0. The van der Waals surface area contributed by atoms with E-state index in [9.17, 15) is 8.78 Å². The second-order valence-corrected chi connectivity index (χ2v) is 2.85. The number of hydrogen-bond donors (Lipinski definition) is 1. The molecule has 15 heavy (non-hydrogen) atoms. The predicted octanol–water partition coefficient (Wildman–Crippen LogP) is 1.96. The minimum Gasteiger partial charge on any atom is -0.488 e. The lowest BCUT2D eigenvalue weighted by Gasteiger charge is -2.08. The van der Waals surface area contributed by atoms with Crippen LogP contribution in [-0.2, 0) is 4.74 Å². The van der Waals surface area contributed by atoms with Gasteiger partial charge in [0.2, 0.25) is 0 Å². The van der Waals surface area contributed by atoms with Gasteiger partial charge in [0.05, 0.1) is 12.3 Å². The van der Waals surface area contributed by atoms with Gasteiger partial charge in [-0.3, -0.25) is 0 Å². The summed E-state index contributed by atoms with van der Waals surface area (Å²) in [7, 11) is 0. The molecule has 0 unspecified atom stereocenters. The summed E-state index contributed by atoms with van der Waals surface area (Å²) in [5.74, 6) is -1.52. The highest BCUT2D eigenvalue weighted by atomic mass is 19.1. The Bertz CT molecular complexity index is 331. The van der Waals surface area contributed by atoms with E-state index < -0.39 is 11.6 Å². The molecular weight excluding hydrogens is 204 g/mol. The fourth-order valence-corrected chi connectivity index (χ4v) is 1.01. The fraction of sp³-hybridized carbons (Fsp3) is 0.400. The molecule has 0 bridgehead atoms. The van der Waals surface area contributed by atoms with Crippen molar-refractivity contribution in [2.45, 2.75) is 6.92 Å². The molecule has 2 N–H and O–H groups in total. The van der Waals surface area contributed by atoms with Gasteiger partial charge in [0.1, 0.15) is 12.4 Å². The van der Waals surface area contributed by atoms with Crippen LogP contribution in [0.3, 0.4) is 0 Å². The van der Waals surface area contributed by atoms with Crippen LogP contribution >= 0.6 is 0 Å². The Hall–Kier alpha value is -1.36. The van der Waals surface area contributed by atoms with Gasteiger partial charge in [-0.15, -0.1) is 0 Å². The van der Waals surface area contributed by atoms with E-state index in [0.717, 1.165) is 12.1 Å². The van der Waals surface area contributed by atoms with Crippen molar-refractivity contribution in [2.24, 2.45) is 0 Å². The van der Waals surface area contributed by atoms with E-state index in [1.54, 1.807) is 0 Å². The van der Waals surface area contributed by atoms with E-state index in [2.05, 4.69) is 0 Å². The smallest absolute Gasteiger partial charge is 0.167 e. The van der Waals surface area contributed by atoms with Crippen molar-refractivity contribution < 1.29 is 18.3 Å². The van der Waals surface area contributed by atoms with Gasteiger partial charge in [-0.25, -0.2) is 8.78 Å². The van der Waals surface area contributed by atoms with Crippen LogP contribution in [0.1, 0.15) is 6.92 Å². The normalized spacial score (nSPS) is 10.3. The highest BCUT2D eigenvalue weighted by molar-refractivity contribution is 5.44. The molecule has 0 amide bonds. The number of rotatable bonds is 5. The van der Waals surface area contributed by atoms with Crippen LogP contribution in [0.25, 0.3) is 0 Å². The molecule has 0 aromatic heterocycles. The van der Waals surface area contributed by atoms with Gasteiger partial charge in [0.25, 0.3) is 0 Å². The molecule has 0 saturated carbocycles. The molecule has 0 spiro atoms. The van der Waals surface area contributed by atoms with Crippen molar-refractivity contribution >= 4 is 5.69 Å². The molecular formula is C10H13F2NO2. The molecule has 0 saturated heterocycles. The van der Waals surface area contributed by atoms with Gasteiger partial charge < -0.3 is 15.2 Å². The summed E-state index contributed by atoms with van der Waals surface area (Å²) in [6.45, 7) is 2.90. The average Bonchev–Trinajstić information content (AvgIpc) is 2.20. The molecule has 0 radical (unpaired) electrons. The molecule has 84 valence electrons. The van der Waals surface area contributed by atoms with Gasteiger partial charge in [0, 0.05) is 18.7 Å². The van der Waals surface area contributed by atoms with Gasteiger partial charge in [-0.1, -0.05) is 0 Å². The summed E-state index contributed by atoms with van der Waals surface area (Å²) in [5.41, 5.74) is 4.94. The quantitative estimate of drug-likeness (QED) is 0.605. The number of benzene rings is 1. The van der Waals surface area contributed by atoms with Crippen molar-refractivity contribution in [1.29, 1.82) is 0 Å². The second-order valence-electron chi connectivity index (χ2n) is 2.85. The van der Waals surface area contributed by atoms with Crippen LogP contribution in [-0.4, -0.2) is 19.8 Å². The summed E-state index contributed by atoms with van der Waals surface area (Å²) in [5, 5.41) is 0. The largest absolute Gasteiger partial charge is 0.488 e. The van der Waals surface area contributed by atoms with Crippen molar-refractivity contribution in [3.8, 4) is 5.75 Å². The molecule has 0 fully saturated rings. The molecule has 3 nitrogen and oxygen atoms in total. The van der Waals surface area contributed by atoms with E-state index >= 15 is 0 Å². The first kappa shape index (κ1) is 11.7. The molecule has 1 aromatic rings. The number of nitrogens with two attached hydrogens (primary N) is 1. The number of ether oxygens (including phenoxy) is 2. The van der Waals surface area contributed by atoms with E-state index in [-0.39, 0.29) is 18.0 Å². The summed E-state index contributed by atoms with van der Waals surface area (Å²) in [6, 6.07) is 1.82. The first-order valence-corrected chi connectivity index (χ1v) is 4.60. The zero-order valence-electron chi connectivity index (χ0n) is 8.43. The van der Waals surface area contributed by atoms with Crippen LogP contribution < -0.4 is 10.5 Å². The fourth-order valence-electron chi connectivity index (χ4n) is 1.01. The molecule has 0 aliphatic heterocycles. The van der Waals surface area contributed by atoms with E-state index in [0.29, 0.717) is 13.2 Å². The van der Waals surface area contributed by atoms with Crippen LogP contribution in [0.5, 0.6) is 5.75 Å². The number of hydrogen-bond acceptors (Lipinski definition) is 3.